The van der Waals surface area contributed by atoms with Crippen LogP contribution >= 0.6 is 27.7 Å². The summed E-state index contributed by atoms with van der Waals surface area (Å²) in [6, 6.07) is 0. The zero-order valence-electron chi connectivity index (χ0n) is 14.0. The Morgan fingerprint density at radius 3 is 2.30 bits per heavy atom. The average Bonchev–Trinajstić information content (AvgIpc) is 2.95. The predicted molar refractivity (Wildman–Crippen MR) is 102 cm³/mol. The molecule has 1 saturated carbocycles. The van der Waals surface area contributed by atoms with Gasteiger partial charge >= 0.3 is 0 Å². The fourth-order valence-corrected chi connectivity index (χ4v) is 4.91. The summed E-state index contributed by atoms with van der Waals surface area (Å²) in [6.45, 7) is 11.5. The lowest BCUT2D eigenvalue weighted by atomic mass is 9.79. The van der Waals surface area contributed by atoms with E-state index in [1.807, 2.05) is 31.2 Å². The largest absolute Gasteiger partial charge is 0.348 e. The third kappa shape index (κ3) is 4.70. The van der Waals surface area contributed by atoms with E-state index >= 15 is 0 Å². The van der Waals surface area contributed by atoms with Crippen molar-refractivity contribution < 1.29 is 13.7 Å². The van der Waals surface area contributed by atoms with Gasteiger partial charge in [0.15, 0.2) is 5.79 Å². The monoisotopic (exact) mass is 423 g/mol. The first-order valence-corrected chi connectivity index (χ1v) is 10.8. The molecule has 7 heteroatoms. The molecule has 0 aromatic carbocycles. The van der Waals surface area contributed by atoms with Gasteiger partial charge in [0.2, 0.25) is 0 Å². The molecule has 1 saturated heterocycles. The Balaban J connectivity index is 2.16. The van der Waals surface area contributed by atoms with Crippen LogP contribution in [0.15, 0.2) is 21.9 Å². The standard InChI is InChI=1S/C16H26BrNO3S2/c1-13(22-12-9-17)15(18-23(19)14(2,3)4)5-7-16(8-6-15)20-10-11-21-16/h9,12,18H,1,5-8,10-11H2,2-4H3/b12-9+. The minimum Gasteiger partial charge on any atom is -0.348 e. The van der Waals surface area contributed by atoms with E-state index < -0.39 is 16.8 Å². The Morgan fingerprint density at radius 2 is 1.83 bits per heavy atom. The molecule has 0 amide bonds. The molecule has 0 aromatic heterocycles. The minimum atomic E-state index is -1.16. The van der Waals surface area contributed by atoms with E-state index in [4.69, 9.17) is 9.47 Å². The highest BCUT2D eigenvalue weighted by molar-refractivity contribution is 9.11. The lowest BCUT2D eigenvalue weighted by Gasteiger charge is -2.45. The van der Waals surface area contributed by atoms with E-state index in [1.165, 1.54) is 0 Å². The molecule has 132 valence electrons. The van der Waals surface area contributed by atoms with Gasteiger partial charge in [-0.3, -0.25) is 0 Å². The van der Waals surface area contributed by atoms with Crippen LogP contribution in [0.25, 0.3) is 0 Å². The number of thioether (sulfide) groups is 1. The van der Waals surface area contributed by atoms with Crippen LogP contribution in [0.5, 0.6) is 0 Å². The molecule has 1 unspecified atom stereocenters. The molecular formula is C16H26BrNO3S2. The highest BCUT2D eigenvalue weighted by atomic mass is 79.9. The van der Waals surface area contributed by atoms with Crippen LogP contribution in [-0.2, 0) is 20.5 Å². The summed E-state index contributed by atoms with van der Waals surface area (Å²) < 4.78 is 27.4. The third-order valence-corrected chi connectivity index (χ3v) is 7.57. The van der Waals surface area contributed by atoms with Crippen molar-refractivity contribution in [3.63, 3.8) is 0 Å². The Kier molecular flexibility index (Phi) is 6.59. The summed E-state index contributed by atoms with van der Waals surface area (Å²) in [7, 11) is -1.16. The molecule has 1 aliphatic carbocycles. The van der Waals surface area contributed by atoms with Crippen LogP contribution in [-0.4, -0.2) is 33.5 Å². The van der Waals surface area contributed by atoms with Crippen LogP contribution in [0.2, 0.25) is 0 Å². The van der Waals surface area contributed by atoms with E-state index in [0.717, 1.165) is 30.6 Å². The molecule has 0 bridgehead atoms. The molecule has 0 radical (unpaired) electrons. The van der Waals surface area contributed by atoms with Crippen LogP contribution in [0.3, 0.4) is 0 Å². The average molecular weight is 424 g/mol. The first kappa shape index (κ1) is 19.7. The second-order valence-corrected chi connectivity index (χ2v) is 10.5. The van der Waals surface area contributed by atoms with Crippen molar-refractivity contribution in [1.29, 1.82) is 0 Å². The molecule has 0 aromatic rings. The maximum Gasteiger partial charge on any atom is 0.168 e. The lowest BCUT2D eigenvalue weighted by Crippen LogP contribution is -2.55. The zero-order chi connectivity index (χ0) is 17.1. The van der Waals surface area contributed by atoms with Crippen LogP contribution in [0.1, 0.15) is 46.5 Å². The van der Waals surface area contributed by atoms with Gasteiger partial charge in [0, 0.05) is 17.7 Å². The topological polar surface area (TPSA) is 47.6 Å². The second-order valence-electron chi connectivity index (χ2n) is 6.98. The Labute approximate surface area is 154 Å². The summed E-state index contributed by atoms with van der Waals surface area (Å²) in [5, 5.41) is 1.94. The first-order chi connectivity index (χ1) is 10.7. The fourth-order valence-electron chi connectivity index (χ4n) is 2.83. The highest BCUT2D eigenvalue weighted by Gasteiger charge is 2.48. The number of ether oxygens (including phenoxy) is 2. The van der Waals surface area contributed by atoms with Gasteiger partial charge in [-0.25, -0.2) is 8.93 Å². The van der Waals surface area contributed by atoms with E-state index in [2.05, 4.69) is 27.2 Å². The minimum absolute atomic E-state index is 0.321. The molecule has 1 aliphatic heterocycles. The SMILES string of the molecule is C=C(S/C=C/Br)C1(NS(=O)C(C)(C)C)CCC2(CC1)OCCO2. The van der Waals surface area contributed by atoms with Gasteiger partial charge in [0.05, 0.1) is 34.5 Å². The van der Waals surface area contributed by atoms with Crippen molar-refractivity contribution >= 4 is 38.7 Å². The smallest absolute Gasteiger partial charge is 0.168 e. The Hall–Kier alpha value is 0.340. The van der Waals surface area contributed by atoms with Crippen molar-refractivity contribution in [2.75, 3.05) is 13.2 Å². The first-order valence-electron chi connectivity index (χ1n) is 7.82. The molecule has 1 heterocycles. The molecule has 1 N–H and O–H groups in total. The van der Waals surface area contributed by atoms with Crippen molar-refractivity contribution in [3.05, 3.63) is 21.9 Å². The predicted octanol–water partition coefficient (Wildman–Crippen LogP) is 4.21. The molecule has 1 atom stereocenters. The second kappa shape index (κ2) is 7.70. The van der Waals surface area contributed by atoms with Gasteiger partial charge in [-0.1, -0.05) is 22.5 Å². The molecule has 23 heavy (non-hydrogen) atoms. The summed E-state index contributed by atoms with van der Waals surface area (Å²) in [5.41, 5.74) is -0.365. The van der Waals surface area contributed by atoms with E-state index in [9.17, 15) is 4.21 Å². The molecule has 2 fully saturated rings. The van der Waals surface area contributed by atoms with Crippen LogP contribution in [0.4, 0.5) is 0 Å². The number of nitrogens with one attached hydrogen (secondary N) is 1. The zero-order valence-corrected chi connectivity index (χ0v) is 17.2. The normalized spacial score (nSPS) is 25.0. The van der Waals surface area contributed by atoms with Crippen LogP contribution < -0.4 is 4.72 Å². The Morgan fingerprint density at radius 1 is 1.26 bits per heavy atom. The quantitative estimate of drug-likeness (QED) is 0.719. The fraction of sp³-hybridized carbons (Fsp3) is 0.750. The Bertz CT molecular complexity index is 486. The highest BCUT2D eigenvalue weighted by Crippen LogP contribution is 2.46. The maximum absolute atomic E-state index is 12.7. The lowest BCUT2D eigenvalue weighted by molar-refractivity contribution is -0.182. The summed E-state index contributed by atoms with van der Waals surface area (Å²) in [6.07, 6.45) is 3.19. The van der Waals surface area contributed by atoms with Crippen molar-refractivity contribution in [2.45, 2.75) is 62.5 Å². The summed E-state index contributed by atoms with van der Waals surface area (Å²) >= 11 is 4.85. The van der Waals surface area contributed by atoms with E-state index in [-0.39, 0.29) is 10.3 Å². The van der Waals surface area contributed by atoms with E-state index in [1.54, 1.807) is 11.8 Å². The molecule has 4 nitrogen and oxygen atoms in total. The molecule has 2 rings (SSSR count). The van der Waals surface area contributed by atoms with Crippen molar-refractivity contribution in [2.24, 2.45) is 0 Å². The summed E-state index contributed by atoms with van der Waals surface area (Å²) in [4.78, 5) is 2.80. The van der Waals surface area contributed by atoms with Gasteiger partial charge in [-0.2, -0.15) is 0 Å². The number of halogens is 1. The number of hydrogen-bond acceptors (Lipinski definition) is 4. The van der Waals surface area contributed by atoms with Gasteiger partial charge in [-0.05, 0) is 44.0 Å². The van der Waals surface area contributed by atoms with Gasteiger partial charge in [-0.15, -0.1) is 11.8 Å². The number of hydrogen-bond donors (Lipinski definition) is 1. The van der Waals surface area contributed by atoms with Crippen molar-refractivity contribution in [1.82, 2.24) is 4.72 Å². The molecule has 1 spiro atoms. The van der Waals surface area contributed by atoms with Gasteiger partial charge < -0.3 is 9.47 Å². The molecule has 2 aliphatic rings. The van der Waals surface area contributed by atoms with Crippen LogP contribution in [0, 0.1) is 0 Å². The number of rotatable bonds is 5. The van der Waals surface area contributed by atoms with E-state index in [0.29, 0.717) is 13.2 Å². The molecular weight excluding hydrogens is 398 g/mol. The van der Waals surface area contributed by atoms with Gasteiger partial charge in [0.25, 0.3) is 0 Å². The maximum atomic E-state index is 12.7. The van der Waals surface area contributed by atoms with Crippen molar-refractivity contribution in [3.8, 4) is 0 Å². The van der Waals surface area contributed by atoms with Gasteiger partial charge in [0.1, 0.15) is 0 Å². The summed E-state index contributed by atoms with van der Waals surface area (Å²) in [5.74, 6) is -0.440. The third-order valence-electron chi connectivity index (χ3n) is 4.32.